The quantitative estimate of drug-likeness (QED) is 0.454. The SMILES string of the molecule is Cc1cccc(NC(=O)/C(C#N)=C\Nc2ccc(N)c(Cl)c2)c1. The highest BCUT2D eigenvalue weighted by Crippen LogP contribution is 2.22. The molecule has 0 bridgehead atoms. The highest BCUT2D eigenvalue weighted by molar-refractivity contribution is 6.33. The van der Waals surface area contributed by atoms with Crippen molar-refractivity contribution in [3.63, 3.8) is 0 Å². The van der Waals surface area contributed by atoms with Crippen LogP contribution >= 0.6 is 11.6 Å². The summed E-state index contributed by atoms with van der Waals surface area (Å²) in [5, 5.41) is 15.1. The number of anilines is 3. The average Bonchev–Trinajstić information content (AvgIpc) is 2.51. The van der Waals surface area contributed by atoms with Gasteiger partial charge in [0.25, 0.3) is 5.91 Å². The number of nitrogens with zero attached hydrogens (tertiary/aromatic N) is 1. The molecule has 4 N–H and O–H groups in total. The molecule has 1 amide bonds. The molecule has 0 radical (unpaired) electrons. The molecule has 5 nitrogen and oxygen atoms in total. The van der Waals surface area contributed by atoms with Gasteiger partial charge in [0.2, 0.25) is 0 Å². The normalized spacial score (nSPS) is 10.7. The second-order valence-corrected chi connectivity index (χ2v) is 5.28. The minimum atomic E-state index is -0.493. The Hall–Kier alpha value is -2.97. The van der Waals surface area contributed by atoms with Crippen molar-refractivity contribution in [3.05, 3.63) is 64.8 Å². The molecule has 23 heavy (non-hydrogen) atoms. The van der Waals surface area contributed by atoms with Gasteiger partial charge in [0.1, 0.15) is 11.6 Å². The molecule has 2 aromatic carbocycles. The van der Waals surface area contributed by atoms with Crippen molar-refractivity contribution in [2.75, 3.05) is 16.4 Å². The van der Waals surface area contributed by atoms with Crippen molar-refractivity contribution in [2.45, 2.75) is 6.92 Å². The molecule has 0 aliphatic rings. The predicted octanol–water partition coefficient (Wildman–Crippen LogP) is 3.69. The highest BCUT2D eigenvalue weighted by Gasteiger charge is 2.09. The molecule has 116 valence electrons. The second-order valence-electron chi connectivity index (χ2n) is 4.87. The van der Waals surface area contributed by atoms with Gasteiger partial charge >= 0.3 is 0 Å². The molecule has 0 saturated carbocycles. The third kappa shape index (κ3) is 4.50. The molecule has 0 heterocycles. The minimum absolute atomic E-state index is 0.0561. The Balaban J connectivity index is 2.10. The van der Waals surface area contributed by atoms with E-state index in [9.17, 15) is 4.79 Å². The van der Waals surface area contributed by atoms with E-state index in [0.29, 0.717) is 22.1 Å². The number of rotatable bonds is 4. The van der Waals surface area contributed by atoms with Crippen LogP contribution in [-0.4, -0.2) is 5.91 Å². The maximum absolute atomic E-state index is 12.1. The fourth-order valence-electron chi connectivity index (χ4n) is 1.84. The molecule has 0 atom stereocenters. The number of nitrogen functional groups attached to an aromatic ring is 1. The Morgan fingerprint density at radius 2 is 2.04 bits per heavy atom. The second kappa shape index (κ2) is 7.34. The Morgan fingerprint density at radius 1 is 1.26 bits per heavy atom. The summed E-state index contributed by atoms with van der Waals surface area (Å²) in [5.74, 6) is -0.493. The summed E-state index contributed by atoms with van der Waals surface area (Å²) in [6, 6.07) is 14.1. The molecule has 0 fully saturated rings. The Labute approximate surface area is 139 Å². The summed E-state index contributed by atoms with van der Waals surface area (Å²) in [5.41, 5.74) is 8.30. The molecule has 0 aliphatic carbocycles. The van der Waals surface area contributed by atoms with Crippen LogP contribution in [0.2, 0.25) is 5.02 Å². The first-order chi connectivity index (χ1) is 11.0. The van der Waals surface area contributed by atoms with Crippen LogP contribution in [0, 0.1) is 18.3 Å². The van der Waals surface area contributed by atoms with E-state index in [1.165, 1.54) is 6.20 Å². The molecule has 0 aromatic heterocycles. The lowest BCUT2D eigenvalue weighted by molar-refractivity contribution is -0.112. The number of hydrogen-bond donors (Lipinski definition) is 3. The van der Waals surface area contributed by atoms with Crippen molar-refractivity contribution >= 4 is 34.6 Å². The van der Waals surface area contributed by atoms with Gasteiger partial charge in [-0.2, -0.15) is 5.26 Å². The average molecular weight is 327 g/mol. The monoisotopic (exact) mass is 326 g/mol. The summed E-state index contributed by atoms with van der Waals surface area (Å²) in [7, 11) is 0. The lowest BCUT2D eigenvalue weighted by Gasteiger charge is -2.06. The van der Waals surface area contributed by atoms with Crippen LogP contribution in [0.4, 0.5) is 17.1 Å². The number of nitrogens with two attached hydrogens (primary N) is 1. The Morgan fingerprint density at radius 3 is 2.70 bits per heavy atom. The predicted molar refractivity (Wildman–Crippen MR) is 93.0 cm³/mol. The van der Waals surface area contributed by atoms with Crippen LogP contribution in [0.5, 0.6) is 0 Å². The topological polar surface area (TPSA) is 90.9 Å². The van der Waals surface area contributed by atoms with Crippen molar-refractivity contribution in [2.24, 2.45) is 0 Å². The summed E-state index contributed by atoms with van der Waals surface area (Å²) >= 11 is 5.92. The minimum Gasteiger partial charge on any atom is -0.398 e. The van der Waals surface area contributed by atoms with E-state index in [1.54, 1.807) is 24.3 Å². The van der Waals surface area contributed by atoms with Gasteiger partial charge in [0.15, 0.2) is 0 Å². The zero-order valence-corrected chi connectivity index (χ0v) is 13.2. The zero-order valence-electron chi connectivity index (χ0n) is 12.4. The van der Waals surface area contributed by atoms with Crippen LogP contribution in [0.15, 0.2) is 54.2 Å². The summed E-state index contributed by atoms with van der Waals surface area (Å²) in [4.78, 5) is 12.1. The van der Waals surface area contributed by atoms with Gasteiger partial charge in [-0.05, 0) is 42.8 Å². The van der Waals surface area contributed by atoms with Crippen LogP contribution in [0.1, 0.15) is 5.56 Å². The van der Waals surface area contributed by atoms with E-state index in [4.69, 9.17) is 22.6 Å². The van der Waals surface area contributed by atoms with Gasteiger partial charge in [0.05, 0.1) is 10.7 Å². The molecule has 0 aliphatic heterocycles. The number of carbonyl (C=O) groups is 1. The van der Waals surface area contributed by atoms with Crippen LogP contribution in [0.3, 0.4) is 0 Å². The summed E-state index contributed by atoms with van der Waals surface area (Å²) in [6.45, 7) is 1.92. The van der Waals surface area contributed by atoms with Gasteiger partial charge in [-0.1, -0.05) is 23.7 Å². The fourth-order valence-corrected chi connectivity index (χ4v) is 2.02. The van der Waals surface area contributed by atoms with E-state index in [0.717, 1.165) is 5.56 Å². The Kier molecular flexibility index (Phi) is 5.23. The van der Waals surface area contributed by atoms with Crippen LogP contribution in [-0.2, 0) is 4.79 Å². The first-order valence-electron chi connectivity index (χ1n) is 6.79. The Bertz CT molecular complexity index is 808. The maximum Gasteiger partial charge on any atom is 0.267 e. The number of aryl methyl sites for hydroxylation is 1. The molecule has 0 spiro atoms. The molecule has 6 heteroatoms. The van der Waals surface area contributed by atoms with E-state index in [1.807, 2.05) is 31.2 Å². The van der Waals surface area contributed by atoms with E-state index >= 15 is 0 Å². The lowest BCUT2D eigenvalue weighted by Crippen LogP contribution is -2.14. The summed E-state index contributed by atoms with van der Waals surface area (Å²) in [6.07, 6.45) is 1.33. The molecule has 0 saturated heterocycles. The molecular weight excluding hydrogens is 312 g/mol. The van der Waals surface area contributed by atoms with Gasteiger partial charge < -0.3 is 16.4 Å². The van der Waals surface area contributed by atoms with Crippen LogP contribution in [0.25, 0.3) is 0 Å². The van der Waals surface area contributed by atoms with E-state index < -0.39 is 5.91 Å². The zero-order chi connectivity index (χ0) is 16.8. The lowest BCUT2D eigenvalue weighted by atomic mass is 10.2. The van der Waals surface area contributed by atoms with Crippen molar-refractivity contribution in [1.29, 1.82) is 5.26 Å². The fraction of sp³-hybridized carbons (Fsp3) is 0.0588. The van der Waals surface area contributed by atoms with Crippen molar-refractivity contribution < 1.29 is 4.79 Å². The van der Waals surface area contributed by atoms with Gasteiger partial charge in [0, 0.05) is 17.6 Å². The number of halogens is 1. The molecule has 0 unspecified atom stereocenters. The van der Waals surface area contributed by atoms with E-state index in [-0.39, 0.29) is 5.57 Å². The number of carbonyl (C=O) groups excluding carboxylic acids is 1. The number of nitrogens with one attached hydrogen (secondary N) is 2. The maximum atomic E-state index is 12.1. The van der Waals surface area contributed by atoms with Gasteiger partial charge in [-0.15, -0.1) is 0 Å². The largest absolute Gasteiger partial charge is 0.398 e. The summed E-state index contributed by atoms with van der Waals surface area (Å²) < 4.78 is 0. The third-order valence-electron chi connectivity index (χ3n) is 3.02. The van der Waals surface area contributed by atoms with Gasteiger partial charge in [-0.25, -0.2) is 0 Å². The standard InChI is InChI=1S/C17H15ClN4O/c1-11-3-2-4-14(7-11)22-17(23)12(9-19)10-21-13-5-6-16(20)15(18)8-13/h2-8,10,21H,20H2,1H3,(H,22,23)/b12-10-. The smallest absolute Gasteiger partial charge is 0.267 e. The van der Waals surface area contributed by atoms with Crippen molar-refractivity contribution in [1.82, 2.24) is 0 Å². The highest BCUT2D eigenvalue weighted by atomic mass is 35.5. The van der Waals surface area contributed by atoms with Crippen LogP contribution < -0.4 is 16.4 Å². The van der Waals surface area contributed by atoms with Gasteiger partial charge in [-0.3, -0.25) is 4.79 Å². The molecular formula is C17H15ClN4O. The third-order valence-corrected chi connectivity index (χ3v) is 3.35. The number of benzene rings is 2. The number of nitriles is 1. The molecule has 2 rings (SSSR count). The number of hydrogen-bond acceptors (Lipinski definition) is 4. The number of amides is 1. The first-order valence-corrected chi connectivity index (χ1v) is 7.17. The van der Waals surface area contributed by atoms with Crippen molar-refractivity contribution in [3.8, 4) is 6.07 Å². The molecule has 2 aromatic rings. The first kappa shape index (κ1) is 16.4. The van der Waals surface area contributed by atoms with E-state index in [2.05, 4.69) is 10.6 Å².